The van der Waals surface area contributed by atoms with Gasteiger partial charge in [0.1, 0.15) is 5.82 Å². The van der Waals surface area contributed by atoms with Crippen molar-refractivity contribution in [3.05, 3.63) is 53.3 Å². The molecule has 1 aliphatic heterocycles. The number of halogens is 1. The molecule has 6 nitrogen and oxygen atoms in total. The predicted octanol–water partition coefficient (Wildman–Crippen LogP) is 3.51. The number of amides is 1. The lowest BCUT2D eigenvalue weighted by Gasteiger charge is -2.31. The number of aliphatic hydroxyl groups is 1. The maximum absolute atomic E-state index is 14.6. The van der Waals surface area contributed by atoms with Crippen molar-refractivity contribution in [1.29, 1.82) is 0 Å². The summed E-state index contributed by atoms with van der Waals surface area (Å²) in [6.07, 6.45) is 0.983. The number of carbonyl (C=O) groups excluding carboxylic acids is 1. The first kappa shape index (κ1) is 21.9. The summed E-state index contributed by atoms with van der Waals surface area (Å²) in [6.45, 7) is 6.20. The molecule has 0 atom stereocenters. The summed E-state index contributed by atoms with van der Waals surface area (Å²) >= 11 is 0. The number of rotatable bonds is 8. The minimum absolute atomic E-state index is 0.214. The highest BCUT2D eigenvalue weighted by molar-refractivity contribution is 5.94. The van der Waals surface area contributed by atoms with Gasteiger partial charge in [0, 0.05) is 25.2 Å². The van der Waals surface area contributed by atoms with Gasteiger partial charge in [-0.1, -0.05) is 6.07 Å². The predicted molar refractivity (Wildman–Crippen MR) is 114 cm³/mol. The van der Waals surface area contributed by atoms with Crippen LogP contribution in [0.5, 0.6) is 11.5 Å². The lowest BCUT2D eigenvalue weighted by Crippen LogP contribution is -2.36. The minimum atomic E-state index is -0.321. The summed E-state index contributed by atoms with van der Waals surface area (Å²) in [4.78, 5) is 14.5. The molecule has 0 spiro atoms. The van der Waals surface area contributed by atoms with Gasteiger partial charge in [0.05, 0.1) is 25.0 Å². The molecule has 1 fully saturated rings. The fourth-order valence-corrected chi connectivity index (χ4v) is 3.50. The molecule has 0 radical (unpaired) electrons. The van der Waals surface area contributed by atoms with E-state index in [4.69, 9.17) is 9.47 Å². The fraction of sp³-hybridized carbons (Fsp3) is 0.435. The molecule has 0 unspecified atom stereocenters. The van der Waals surface area contributed by atoms with Crippen molar-refractivity contribution in [2.24, 2.45) is 0 Å². The van der Waals surface area contributed by atoms with Gasteiger partial charge in [-0.3, -0.25) is 4.79 Å². The summed E-state index contributed by atoms with van der Waals surface area (Å²) < 4.78 is 25.7. The zero-order valence-electron chi connectivity index (χ0n) is 17.5. The summed E-state index contributed by atoms with van der Waals surface area (Å²) in [5.41, 5.74) is 1.66. The van der Waals surface area contributed by atoms with E-state index in [0.717, 1.165) is 0 Å². The number of anilines is 1. The van der Waals surface area contributed by atoms with Gasteiger partial charge in [-0.2, -0.15) is 0 Å². The van der Waals surface area contributed by atoms with E-state index in [0.29, 0.717) is 67.5 Å². The van der Waals surface area contributed by atoms with Crippen LogP contribution in [-0.2, 0) is 6.54 Å². The average Bonchev–Trinajstić information content (AvgIpc) is 2.74. The van der Waals surface area contributed by atoms with Crippen LogP contribution in [0.4, 0.5) is 10.1 Å². The minimum Gasteiger partial charge on any atom is -0.490 e. The van der Waals surface area contributed by atoms with Gasteiger partial charge in [-0.15, -0.1) is 0 Å². The van der Waals surface area contributed by atoms with Gasteiger partial charge in [-0.25, -0.2) is 4.39 Å². The monoisotopic (exact) mass is 416 g/mol. The van der Waals surface area contributed by atoms with Crippen molar-refractivity contribution < 1.29 is 23.8 Å². The van der Waals surface area contributed by atoms with Crippen molar-refractivity contribution in [3.63, 3.8) is 0 Å². The summed E-state index contributed by atoms with van der Waals surface area (Å²) in [5.74, 6) is 0.527. The molecular weight excluding hydrogens is 387 g/mol. The molecule has 162 valence electrons. The van der Waals surface area contributed by atoms with E-state index in [1.54, 1.807) is 24.3 Å². The van der Waals surface area contributed by atoms with Crippen LogP contribution in [0.15, 0.2) is 36.4 Å². The second-order valence-corrected chi connectivity index (χ2v) is 7.21. The first-order valence-electron chi connectivity index (χ1n) is 10.4. The van der Waals surface area contributed by atoms with Crippen molar-refractivity contribution in [2.45, 2.75) is 39.3 Å². The van der Waals surface area contributed by atoms with Crippen LogP contribution in [-0.4, -0.2) is 43.4 Å². The Morgan fingerprint density at radius 1 is 1.10 bits per heavy atom. The lowest BCUT2D eigenvalue weighted by molar-refractivity contribution is 0.0950. The second-order valence-electron chi connectivity index (χ2n) is 7.21. The molecule has 2 N–H and O–H groups in total. The van der Waals surface area contributed by atoms with Gasteiger partial charge < -0.3 is 24.8 Å². The van der Waals surface area contributed by atoms with Crippen molar-refractivity contribution in [1.82, 2.24) is 5.32 Å². The molecule has 0 saturated carbocycles. The molecule has 2 aromatic carbocycles. The third-order valence-electron chi connectivity index (χ3n) is 5.08. The highest BCUT2D eigenvalue weighted by Gasteiger charge is 2.20. The number of carbonyl (C=O) groups is 1. The summed E-state index contributed by atoms with van der Waals surface area (Å²) in [7, 11) is 0. The van der Waals surface area contributed by atoms with Crippen LogP contribution >= 0.6 is 0 Å². The Hall–Kier alpha value is -2.80. The van der Waals surface area contributed by atoms with Gasteiger partial charge in [-0.05, 0) is 62.6 Å². The fourth-order valence-electron chi connectivity index (χ4n) is 3.50. The number of aliphatic hydroxyl groups excluding tert-OH is 1. The maximum atomic E-state index is 14.6. The van der Waals surface area contributed by atoms with Gasteiger partial charge >= 0.3 is 0 Å². The molecule has 1 amide bonds. The smallest absolute Gasteiger partial charge is 0.251 e. The van der Waals surface area contributed by atoms with Crippen LogP contribution in [0.2, 0.25) is 0 Å². The molecule has 30 heavy (non-hydrogen) atoms. The molecular formula is C23H29FN2O4. The Bertz CT molecular complexity index is 866. The van der Waals surface area contributed by atoms with Crippen molar-refractivity contribution in [3.8, 4) is 11.5 Å². The standard InChI is InChI=1S/C23H29FN2O4/c1-3-29-21-8-6-17(14-22(21)30-4-2)23(28)25-15-16-5-7-20(19(24)13-16)26-11-9-18(27)10-12-26/h5-8,13-14,18,27H,3-4,9-12,15H2,1-2H3,(H,25,28). The first-order chi connectivity index (χ1) is 14.5. The number of benzene rings is 2. The molecule has 0 aromatic heterocycles. The number of ether oxygens (including phenoxy) is 2. The molecule has 3 rings (SSSR count). The molecule has 7 heteroatoms. The van der Waals surface area contributed by atoms with E-state index in [-0.39, 0.29) is 24.4 Å². The van der Waals surface area contributed by atoms with E-state index in [1.807, 2.05) is 24.8 Å². The molecule has 1 aliphatic rings. The lowest BCUT2D eigenvalue weighted by atomic mass is 10.1. The Morgan fingerprint density at radius 3 is 2.47 bits per heavy atom. The number of piperidine rings is 1. The number of nitrogens with one attached hydrogen (secondary N) is 1. The molecule has 2 aromatic rings. The Kier molecular flexibility index (Phi) is 7.52. The van der Waals surface area contributed by atoms with E-state index < -0.39 is 0 Å². The number of hydrogen-bond donors (Lipinski definition) is 2. The summed E-state index contributed by atoms with van der Waals surface area (Å²) in [5, 5.41) is 12.4. The van der Waals surface area contributed by atoms with Gasteiger partial charge in [0.25, 0.3) is 5.91 Å². The zero-order chi connectivity index (χ0) is 21.5. The third kappa shape index (κ3) is 5.42. The largest absolute Gasteiger partial charge is 0.490 e. The van der Waals surface area contributed by atoms with E-state index in [9.17, 15) is 14.3 Å². The van der Waals surface area contributed by atoms with E-state index in [1.165, 1.54) is 6.07 Å². The first-order valence-corrected chi connectivity index (χ1v) is 10.4. The normalized spacial score (nSPS) is 14.5. The Morgan fingerprint density at radius 2 is 1.80 bits per heavy atom. The van der Waals surface area contributed by atoms with Crippen LogP contribution in [0, 0.1) is 5.82 Å². The Labute approximate surface area is 176 Å². The average molecular weight is 416 g/mol. The van der Waals surface area contributed by atoms with Crippen molar-refractivity contribution >= 4 is 11.6 Å². The van der Waals surface area contributed by atoms with Gasteiger partial charge in [0.2, 0.25) is 0 Å². The third-order valence-corrected chi connectivity index (χ3v) is 5.08. The van der Waals surface area contributed by atoms with E-state index >= 15 is 0 Å². The topological polar surface area (TPSA) is 71.0 Å². The molecule has 1 saturated heterocycles. The quantitative estimate of drug-likeness (QED) is 0.689. The van der Waals surface area contributed by atoms with Crippen molar-refractivity contribution in [2.75, 3.05) is 31.2 Å². The van der Waals surface area contributed by atoms with Crippen LogP contribution in [0.3, 0.4) is 0 Å². The highest BCUT2D eigenvalue weighted by atomic mass is 19.1. The summed E-state index contributed by atoms with van der Waals surface area (Å²) in [6, 6.07) is 10.0. The molecule has 0 aliphatic carbocycles. The highest BCUT2D eigenvalue weighted by Crippen LogP contribution is 2.29. The van der Waals surface area contributed by atoms with Crippen LogP contribution < -0.4 is 19.7 Å². The second kappa shape index (κ2) is 10.3. The SMILES string of the molecule is CCOc1ccc(C(=O)NCc2ccc(N3CCC(O)CC3)c(F)c2)cc1OCC. The number of hydrogen-bond acceptors (Lipinski definition) is 5. The van der Waals surface area contributed by atoms with Gasteiger partial charge in [0.15, 0.2) is 11.5 Å². The molecule has 1 heterocycles. The Balaban J connectivity index is 1.63. The maximum Gasteiger partial charge on any atom is 0.251 e. The zero-order valence-corrected chi connectivity index (χ0v) is 17.5. The van der Waals surface area contributed by atoms with Crippen LogP contribution in [0.25, 0.3) is 0 Å². The number of nitrogens with zero attached hydrogens (tertiary/aromatic N) is 1. The van der Waals surface area contributed by atoms with Crippen LogP contribution in [0.1, 0.15) is 42.6 Å². The molecule has 0 bridgehead atoms. The van der Waals surface area contributed by atoms with E-state index in [2.05, 4.69) is 5.32 Å².